The second-order valence-corrected chi connectivity index (χ2v) is 7.80. The summed E-state index contributed by atoms with van der Waals surface area (Å²) in [6.45, 7) is 1.43. The molecule has 1 saturated heterocycles. The van der Waals surface area contributed by atoms with Crippen LogP contribution in [-0.4, -0.2) is 45.5 Å². The van der Waals surface area contributed by atoms with Gasteiger partial charge in [0.15, 0.2) is 5.58 Å². The van der Waals surface area contributed by atoms with Crippen molar-refractivity contribution in [3.05, 3.63) is 69.1 Å². The number of fused-ring (bicyclic) bond motifs is 1. The second kappa shape index (κ2) is 8.63. The molecule has 9 nitrogen and oxygen atoms in total. The Morgan fingerprint density at radius 2 is 1.84 bits per heavy atom. The molecule has 1 aromatic carbocycles. The third-order valence-corrected chi connectivity index (χ3v) is 5.72. The minimum Gasteiger partial charge on any atom is -0.408 e. The van der Waals surface area contributed by atoms with E-state index in [0.29, 0.717) is 30.7 Å². The van der Waals surface area contributed by atoms with Gasteiger partial charge >= 0.3 is 5.76 Å². The Kier molecular flexibility index (Phi) is 5.75. The van der Waals surface area contributed by atoms with Crippen LogP contribution in [0.15, 0.2) is 56.6 Å². The van der Waals surface area contributed by atoms with Crippen LogP contribution in [0.5, 0.6) is 0 Å². The largest absolute Gasteiger partial charge is 0.420 e. The van der Waals surface area contributed by atoms with Gasteiger partial charge in [-0.3, -0.25) is 19.0 Å². The lowest BCUT2D eigenvalue weighted by Crippen LogP contribution is -2.43. The molecule has 0 atom stereocenters. The first-order valence-electron chi connectivity index (χ1n) is 10.2. The van der Waals surface area contributed by atoms with Crippen molar-refractivity contribution in [2.45, 2.75) is 19.4 Å². The first kappa shape index (κ1) is 20.6. The fraction of sp³-hybridized carbons (Fsp3) is 0.364. The molecule has 31 heavy (non-hydrogen) atoms. The summed E-state index contributed by atoms with van der Waals surface area (Å²) in [6.07, 6.45) is 3.08. The van der Waals surface area contributed by atoms with Gasteiger partial charge in [0.05, 0.1) is 5.52 Å². The average Bonchev–Trinajstić information content (AvgIpc) is 3.09. The van der Waals surface area contributed by atoms with Crippen molar-refractivity contribution in [3.8, 4) is 0 Å². The first-order valence-corrected chi connectivity index (χ1v) is 10.2. The molecule has 0 aliphatic carbocycles. The fourth-order valence-electron chi connectivity index (χ4n) is 3.89. The van der Waals surface area contributed by atoms with Gasteiger partial charge in [0.25, 0.3) is 11.5 Å². The summed E-state index contributed by atoms with van der Waals surface area (Å²) in [7, 11) is 1.62. The van der Waals surface area contributed by atoms with E-state index in [-0.39, 0.29) is 35.4 Å². The Balaban J connectivity index is 1.29. The molecule has 162 valence electrons. The maximum atomic E-state index is 12.7. The van der Waals surface area contributed by atoms with Crippen molar-refractivity contribution in [3.63, 3.8) is 0 Å². The van der Waals surface area contributed by atoms with E-state index in [1.165, 1.54) is 9.13 Å². The van der Waals surface area contributed by atoms with Crippen LogP contribution in [0.3, 0.4) is 0 Å². The number of benzene rings is 1. The Hall–Kier alpha value is -3.62. The van der Waals surface area contributed by atoms with Crippen LogP contribution < -0.4 is 16.6 Å². The highest BCUT2D eigenvalue weighted by molar-refractivity contribution is 5.93. The number of amides is 2. The van der Waals surface area contributed by atoms with Crippen molar-refractivity contribution in [2.75, 3.05) is 19.6 Å². The third kappa shape index (κ3) is 4.30. The summed E-state index contributed by atoms with van der Waals surface area (Å²) in [4.78, 5) is 50.9. The molecule has 0 spiro atoms. The minimum absolute atomic E-state index is 0.107. The van der Waals surface area contributed by atoms with Gasteiger partial charge < -0.3 is 19.2 Å². The first-order chi connectivity index (χ1) is 14.9. The van der Waals surface area contributed by atoms with Gasteiger partial charge in [-0.2, -0.15) is 0 Å². The topological polar surface area (TPSA) is 107 Å². The molecule has 0 unspecified atom stereocenters. The number of nitrogens with one attached hydrogen (secondary N) is 1. The van der Waals surface area contributed by atoms with Crippen molar-refractivity contribution in [1.82, 2.24) is 19.4 Å². The third-order valence-electron chi connectivity index (χ3n) is 5.72. The Bertz CT molecular complexity index is 1230. The van der Waals surface area contributed by atoms with Gasteiger partial charge in [0, 0.05) is 32.9 Å². The van der Waals surface area contributed by atoms with Gasteiger partial charge in [-0.15, -0.1) is 0 Å². The number of pyridine rings is 1. The molecule has 1 fully saturated rings. The van der Waals surface area contributed by atoms with Gasteiger partial charge in [0.2, 0.25) is 5.91 Å². The zero-order valence-corrected chi connectivity index (χ0v) is 17.2. The van der Waals surface area contributed by atoms with Gasteiger partial charge in [-0.25, -0.2) is 4.79 Å². The zero-order valence-electron chi connectivity index (χ0n) is 17.2. The number of piperidine rings is 1. The molecule has 1 aliphatic rings. The molecule has 1 N–H and O–H groups in total. The van der Waals surface area contributed by atoms with Crippen molar-refractivity contribution in [1.29, 1.82) is 0 Å². The van der Waals surface area contributed by atoms with E-state index in [4.69, 9.17) is 4.42 Å². The highest BCUT2D eigenvalue weighted by Gasteiger charge is 2.25. The summed E-state index contributed by atoms with van der Waals surface area (Å²) in [5.41, 5.74) is 0.908. The average molecular weight is 424 g/mol. The summed E-state index contributed by atoms with van der Waals surface area (Å²) >= 11 is 0. The fourth-order valence-corrected chi connectivity index (χ4v) is 3.89. The second-order valence-electron chi connectivity index (χ2n) is 7.80. The number of carbonyl (C=O) groups is 2. The highest BCUT2D eigenvalue weighted by atomic mass is 16.4. The van der Waals surface area contributed by atoms with Crippen LogP contribution in [0.1, 0.15) is 23.2 Å². The normalized spacial score (nSPS) is 14.7. The van der Waals surface area contributed by atoms with Crippen LogP contribution in [0.25, 0.3) is 11.1 Å². The van der Waals surface area contributed by atoms with Crippen LogP contribution in [0, 0.1) is 5.92 Å². The summed E-state index contributed by atoms with van der Waals surface area (Å²) in [5.74, 6) is -0.852. The molecule has 9 heteroatoms. The zero-order chi connectivity index (χ0) is 22.0. The van der Waals surface area contributed by atoms with E-state index in [2.05, 4.69) is 5.32 Å². The number of hydrogen-bond acceptors (Lipinski definition) is 5. The van der Waals surface area contributed by atoms with Crippen molar-refractivity contribution in [2.24, 2.45) is 13.0 Å². The van der Waals surface area contributed by atoms with Crippen LogP contribution in [0.2, 0.25) is 0 Å². The molecule has 2 aromatic heterocycles. The number of likely N-dealkylation sites (tertiary alicyclic amines) is 1. The monoisotopic (exact) mass is 424 g/mol. The number of aromatic nitrogens is 2. The lowest BCUT2D eigenvalue weighted by Gasteiger charge is -2.32. The maximum absolute atomic E-state index is 12.7. The predicted molar refractivity (Wildman–Crippen MR) is 114 cm³/mol. The van der Waals surface area contributed by atoms with Crippen molar-refractivity contribution >= 4 is 22.9 Å². The van der Waals surface area contributed by atoms with E-state index >= 15 is 0 Å². The van der Waals surface area contributed by atoms with Gasteiger partial charge in [-0.1, -0.05) is 12.1 Å². The lowest BCUT2D eigenvalue weighted by molar-refractivity contribution is -0.121. The highest BCUT2D eigenvalue weighted by Crippen LogP contribution is 2.18. The molecular weight excluding hydrogens is 400 g/mol. The number of oxazole rings is 1. The molecule has 0 bridgehead atoms. The van der Waals surface area contributed by atoms with Crippen LogP contribution in [-0.2, 0) is 18.4 Å². The van der Waals surface area contributed by atoms with Crippen LogP contribution in [0.4, 0.5) is 0 Å². The SMILES string of the molecule is Cn1cccc(C(=O)N2CCC(CNC(=O)Cn3c(=O)oc4ccccc43)CC2)c1=O. The number of nitrogens with zero attached hydrogens (tertiary/aromatic N) is 3. The molecule has 3 heterocycles. The van der Waals surface area contributed by atoms with E-state index in [1.54, 1.807) is 54.5 Å². The minimum atomic E-state index is -0.560. The van der Waals surface area contributed by atoms with Gasteiger partial charge in [0.1, 0.15) is 12.1 Å². The molecular formula is C22H24N4O5. The molecule has 2 amide bonds. The quantitative estimate of drug-likeness (QED) is 0.657. The van der Waals surface area contributed by atoms with Crippen molar-refractivity contribution < 1.29 is 14.0 Å². The van der Waals surface area contributed by atoms with E-state index in [9.17, 15) is 19.2 Å². The number of aryl methyl sites for hydroxylation is 1. The predicted octanol–water partition coefficient (Wildman–Crippen LogP) is 0.962. The summed E-state index contributed by atoms with van der Waals surface area (Å²) < 4.78 is 7.85. The number of hydrogen-bond donors (Lipinski definition) is 1. The van der Waals surface area contributed by atoms with E-state index in [1.807, 2.05) is 0 Å². The van der Waals surface area contributed by atoms with Gasteiger partial charge in [-0.05, 0) is 43.0 Å². The number of rotatable bonds is 5. The Labute approximate surface area is 177 Å². The smallest absolute Gasteiger partial charge is 0.408 e. The lowest BCUT2D eigenvalue weighted by atomic mass is 9.96. The Morgan fingerprint density at radius 1 is 1.10 bits per heavy atom. The van der Waals surface area contributed by atoms with Crippen LogP contribution >= 0.6 is 0 Å². The molecule has 3 aromatic rings. The van der Waals surface area contributed by atoms with E-state index < -0.39 is 5.76 Å². The maximum Gasteiger partial charge on any atom is 0.420 e. The molecule has 1 aliphatic heterocycles. The standard InChI is InChI=1S/C22H24N4O5/c1-24-10-4-5-16(20(24)28)21(29)25-11-8-15(9-12-25)13-23-19(27)14-26-17-6-2-3-7-18(17)31-22(26)30/h2-7,10,15H,8-9,11-14H2,1H3,(H,23,27). The summed E-state index contributed by atoms with van der Waals surface area (Å²) in [5, 5.41) is 2.88. The number of carbonyl (C=O) groups excluding carboxylic acids is 2. The molecule has 0 saturated carbocycles. The molecule has 0 radical (unpaired) electrons. The number of para-hydroxylation sites is 2. The van der Waals surface area contributed by atoms with E-state index in [0.717, 1.165) is 12.8 Å². The summed E-state index contributed by atoms with van der Waals surface area (Å²) in [6, 6.07) is 10.2. The molecule has 4 rings (SSSR count). The Morgan fingerprint density at radius 3 is 2.61 bits per heavy atom.